The second-order valence-electron chi connectivity index (χ2n) is 4.58. The molecule has 0 aromatic heterocycles. The lowest BCUT2D eigenvalue weighted by atomic mass is 9.97. The predicted molar refractivity (Wildman–Crippen MR) is 82.2 cm³/mol. The molecular weight excluding hydrogens is 324 g/mol. The van der Waals surface area contributed by atoms with Gasteiger partial charge in [0.05, 0.1) is 11.8 Å². The number of benzene rings is 1. The Morgan fingerprint density at radius 2 is 2.10 bits per heavy atom. The number of alkyl halides is 1. The highest BCUT2D eigenvalue weighted by Gasteiger charge is 2.12. The normalized spacial score (nSPS) is 11.9. The molecule has 0 aliphatic carbocycles. The average Bonchev–Trinajstić information content (AvgIpc) is 2.37. The Morgan fingerprint density at radius 3 is 2.65 bits per heavy atom. The fourth-order valence-electron chi connectivity index (χ4n) is 2.01. The second kappa shape index (κ2) is 8.01. The zero-order valence-corrected chi connectivity index (χ0v) is 12.9. The molecule has 6 heteroatoms. The highest BCUT2D eigenvalue weighted by Crippen LogP contribution is 2.19. The topological polar surface area (TPSA) is 92.4 Å². The number of hydrogen-bond acceptors (Lipinski definition) is 3. The number of carboxylic acids is 1. The van der Waals surface area contributed by atoms with E-state index >= 15 is 0 Å². The van der Waals surface area contributed by atoms with Crippen molar-refractivity contribution in [1.29, 1.82) is 0 Å². The SMILES string of the molecule is CCc1ccc(NC(=O)CBr)cc1C[C@H](N)CC(=O)O. The van der Waals surface area contributed by atoms with Crippen molar-refractivity contribution in [3.8, 4) is 0 Å². The van der Waals surface area contributed by atoms with E-state index in [1.54, 1.807) is 0 Å². The number of aryl methyl sites for hydroxylation is 1. The fraction of sp³-hybridized carbons (Fsp3) is 0.429. The number of carbonyl (C=O) groups is 2. The zero-order chi connectivity index (χ0) is 15.1. The number of aliphatic carboxylic acids is 1. The van der Waals surface area contributed by atoms with E-state index in [1.807, 2.05) is 25.1 Å². The van der Waals surface area contributed by atoms with Crippen LogP contribution in [0.4, 0.5) is 5.69 Å². The lowest BCUT2D eigenvalue weighted by Gasteiger charge is -2.14. The van der Waals surface area contributed by atoms with Crippen LogP contribution < -0.4 is 11.1 Å². The number of carbonyl (C=O) groups excluding carboxylic acids is 1. The Kier molecular flexibility index (Phi) is 6.67. The van der Waals surface area contributed by atoms with Gasteiger partial charge in [0.1, 0.15) is 0 Å². The van der Waals surface area contributed by atoms with E-state index in [0.29, 0.717) is 12.1 Å². The van der Waals surface area contributed by atoms with Gasteiger partial charge in [-0.1, -0.05) is 28.9 Å². The largest absolute Gasteiger partial charge is 0.481 e. The molecule has 1 aromatic carbocycles. The summed E-state index contributed by atoms with van der Waals surface area (Å²) >= 11 is 3.09. The van der Waals surface area contributed by atoms with Gasteiger partial charge in [0.25, 0.3) is 0 Å². The average molecular weight is 343 g/mol. The summed E-state index contributed by atoms with van der Waals surface area (Å²) in [4.78, 5) is 22.0. The fourth-order valence-corrected chi connectivity index (χ4v) is 2.15. The van der Waals surface area contributed by atoms with Crippen LogP contribution >= 0.6 is 15.9 Å². The summed E-state index contributed by atoms with van der Waals surface area (Å²) in [5.41, 5.74) is 8.62. The van der Waals surface area contributed by atoms with E-state index in [2.05, 4.69) is 21.2 Å². The Labute approximate surface area is 126 Å². The van der Waals surface area contributed by atoms with Gasteiger partial charge < -0.3 is 16.2 Å². The minimum Gasteiger partial charge on any atom is -0.481 e. The van der Waals surface area contributed by atoms with Gasteiger partial charge in [0.2, 0.25) is 5.91 Å². The number of amides is 1. The van der Waals surface area contributed by atoms with Gasteiger partial charge >= 0.3 is 5.97 Å². The van der Waals surface area contributed by atoms with Crippen molar-refractivity contribution in [2.45, 2.75) is 32.2 Å². The summed E-state index contributed by atoms with van der Waals surface area (Å²) in [5, 5.41) is 11.7. The summed E-state index contributed by atoms with van der Waals surface area (Å²) in [5.74, 6) is -1.03. The maximum absolute atomic E-state index is 11.4. The molecule has 4 N–H and O–H groups in total. The van der Waals surface area contributed by atoms with Crippen LogP contribution in [0.15, 0.2) is 18.2 Å². The van der Waals surface area contributed by atoms with Gasteiger partial charge in [-0.05, 0) is 36.1 Å². The van der Waals surface area contributed by atoms with Crippen LogP contribution in [0.5, 0.6) is 0 Å². The first-order valence-corrected chi connectivity index (χ1v) is 7.53. The number of hydrogen-bond donors (Lipinski definition) is 3. The molecule has 1 atom stereocenters. The summed E-state index contributed by atoms with van der Waals surface area (Å²) < 4.78 is 0. The van der Waals surface area contributed by atoms with Crippen LogP contribution in [0.2, 0.25) is 0 Å². The molecule has 0 aliphatic heterocycles. The molecule has 1 rings (SSSR count). The third-order valence-corrected chi connectivity index (χ3v) is 3.42. The highest BCUT2D eigenvalue weighted by atomic mass is 79.9. The third-order valence-electron chi connectivity index (χ3n) is 2.91. The number of carboxylic acid groups (broad SMARTS) is 1. The van der Waals surface area contributed by atoms with E-state index in [0.717, 1.165) is 17.5 Å². The number of nitrogens with two attached hydrogens (primary N) is 1. The van der Waals surface area contributed by atoms with Crippen molar-refractivity contribution in [3.63, 3.8) is 0 Å². The summed E-state index contributed by atoms with van der Waals surface area (Å²) in [6, 6.07) is 5.21. The van der Waals surface area contributed by atoms with Crippen molar-refractivity contribution in [3.05, 3.63) is 29.3 Å². The van der Waals surface area contributed by atoms with Crippen LogP contribution in [-0.4, -0.2) is 28.4 Å². The molecule has 0 radical (unpaired) electrons. The van der Waals surface area contributed by atoms with Crippen molar-refractivity contribution in [2.75, 3.05) is 10.6 Å². The first-order chi connectivity index (χ1) is 9.46. The Hall–Kier alpha value is -1.40. The molecule has 20 heavy (non-hydrogen) atoms. The zero-order valence-electron chi connectivity index (χ0n) is 11.4. The minimum atomic E-state index is -0.903. The van der Waals surface area contributed by atoms with Gasteiger partial charge in [-0.2, -0.15) is 0 Å². The van der Waals surface area contributed by atoms with Gasteiger partial charge in [0.15, 0.2) is 0 Å². The van der Waals surface area contributed by atoms with Crippen LogP contribution in [0, 0.1) is 0 Å². The third kappa shape index (κ3) is 5.30. The second-order valence-corrected chi connectivity index (χ2v) is 5.14. The maximum atomic E-state index is 11.4. The predicted octanol–water partition coefficient (Wildman–Crippen LogP) is 1.93. The van der Waals surface area contributed by atoms with E-state index in [4.69, 9.17) is 10.8 Å². The van der Waals surface area contributed by atoms with E-state index < -0.39 is 12.0 Å². The smallest absolute Gasteiger partial charge is 0.304 e. The molecule has 0 saturated heterocycles. The lowest BCUT2D eigenvalue weighted by molar-refractivity contribution is -0.137. The summed E-state index contributed by atoms with van der Waals surface area (Å²) in [7, 11) is 0. The Morgan fingerprint density at radius 1 is 1.40 bits per heavy atom. The Bertz CT molecular complexity index is 491. The van der Waals surface area contributed by atoms with Crippen molar-refractivity contribution in [1.82, 2.24) is 0 Å². The van der Waals surface area contributed by atoms with Gasteiger partial charge in [-0.15, -0.1) is 0 Å². The van der Waals surface area contributed by atoms with Gasteiger partial charge in [-0.25, -0.2) is 0 Å². The molecule has 0 fully saturated rings. The molecule has 1 aromatic rings. The van der Waals surface area contributed by atoms with Crippen molar-refractivity contribution < 1.29 is 14.7 Å². The lowest BCUT2D eigenvalue weighted by Crippen LogP contribution is -2.26. The van der Waals surface area contributed by atoms with Crippen LogP contribution in [0.3, 0.4) is 0 Å². The number of halogens is 1. The quantitative estimate of drug-likeness (QED) is 0.660. The first-order valence-electron chi connectivity index (χ1n) is 6.41. The monoisotopic (exact) mass is 342 g/mol. The molecule has 0 unspecified atom stereocenters. The van der Waals surface area contributed by atoms with E-state index in [1.165, 1.54) is 0 Å². The number of nitrogens with one attached hydrogen (secondary N) is 1. The molecular formula is C14H19BrN2O3. The molecule has 110 valence electrons. The molecule has 0 saturated carbocycles. The maximum Gasteiger partial charge on any atom is 0.304 e. The molecule has 5 nitrogen and oxygen atoms in total. The molecule has 0 heterocycles. The minimum absolute atomic E-state index is 0.0683. The van der Waals surface area contributed by atoms with E-state index in [9.17, 15) is 9.59 Å². The standard InChI is InChI=1S/C14H19BrN2O3/c1-2-9-3-4-12(17-13(18)8-15)6-10(9)5-11(16)7-14(19)20/h3-4,6,11H,2,5,7-8,16H2,1H3,(H,17,18)(H,19,20)/t11-/m0/s1. The summed E-state index contributed by atoms with van der Waals surface area (Å²) in [6.07, 6.45) is 1.25. The Balaban J connectivity index is 2.88. The molecule has 0 spiro atoms. The van der Waals surface area contributed by atoms with Crippen LogP contribution in [0.1, 0.15) is 24.5 Å². The van der Waals surface area contributed by atoms with Gasteiger partial charge in [-0.3, -0.25) is 9.59 Å². The van der Waals surface area contributed by atoms with Crippen molar-refractivity contribution in [2.24, 2.45) is 5.73 Å². The highest BCUT2D eigenvalue weighted by molar-refractivity contribution is 9.09. The first kappa shape index (κ1) is 16.7. The molecule has 1 amide bonds. The summed E-state index contributed by atoms with van der Waals surface area (Å²) in [6.45, 7) is 2.03. The number of anilines is 1. The van der Waals surface area contributed by atoms with Crippen LogP contribution in [0.25, 0.3) is 0 Å². The molecule has 0 aliphatic rings. The van der Waals surface area contributed by atoms with Crippen LogP contribution in [-0.2, 0) is 22.4 Å². The number of rotatable bonds is 7. The van der Waals surface area contributed by atoms with E-state index in [-0.39, 0.29) is 17.7 Å². The van der Waals surface area contributed by atoms with Gasteiger partial charge in [0, 0.05) is 11.7 Å². The molecule has 0 bridgehead atoms. The van der Waals surface area contributed by atoms with Crippen molar-refractivity contribution >= 4 is 33.5 Å².